The van der Waals surface area contributed by atoms with E-state index >= 15 is 0 Å². The highest BCUT2D eigenvalue weighted by Crippen LogP contribution is 2.38. The van der Waals surface area contributed by atoms with Crippen LogP contribution in [0, 0.1) is 0 Å². The summed E-state index contributed by atoms with van der Waals surface area (Å²) in [4.78, 5) is 0.416. The maximum absolute atomic E-state index is 5.96. The van der Waals surface area contributed by atoms with Gasteiger partial charge in [0, 0.05) is 5.54 Å². The lowest BCUT2D eigenvalue weighted by Gasteiger charge is -2.42. The molecule has 110 valence electrons. The fraction of sp³-hybridized carbons (Fsp3) is 0.667. The van der Waals surface area contributed by atoms with Gasteiger partial charge in [-0.05, 0) is 44.1 Å². The summed E-state index contributed by atoms with van der Waals surface area (Å²) in [7, 11) is 0. The number of aryl methyl sites for hydroxylation is 1. The molecule has 0 aromatic carbocycles. The molecule has 1 fully saturated rings. The number of nitrogens with two attached hydrogens (primary N) is 1. The zero-order chi connectivity index (χ0) is 14.8. The van der Waals surface area contributed by atoms with Crippen molar-refractivity contribution in [2.75, 3.05) is 5.32 Å². The van der Waals surface area contributed by atoms with E-state index in [0.29, 0.717) is 4.99 Å². The van der Waals surface area contributed by atoms with Gasteiger partial charge in [0.15, 0.2) is 5.82 Å². The van der Waals surface area contributed by atoms with Crippen LogP contribution < -0.4 is 11.1 Å². The summed E-state index contributed by atoms with van der Waals surface area (Å²) in [6.45, 7) is 6.40. The summed E-state index contributed by atoms with van der Waals surface area (Å²) in [5.41, 5.74) is 9.16. The lowest BCUT2D eigenvalue weighted by Crippen LogP contribution is -2.45. The van der Waals surface area contributed by atoms with Crippen LogP contribution in [-0.2, 0) is 12.8 Å². The Morgan fingerprint density at radius 3 is 2.35 bits per heavy atom. The molecule has 0 aliphatic heterocycles. The molecule has 1 aliphatic carbocycles. The number of nitrogens with one attached hydrogen (secondary N) is 1. The average molecular weight is 292 g/mol. The quantitative estimate of drug-likeness (QED) is 0.789. The largest absolute Gasteiger partial charge is 0.389 e. The van der Waals surface area contributed by atoms with Crippen LogP contribution in [0.1, 0.15) is 63.3 Å². The van der Waals surface area contributed by atoms with E-state index in [2.05, 4.69) is 36.3 Å². The Bertz CT molecular complexity index is 503. The number of thiocarbonyl (C=S) groups is 1. The van der Waals surface area contributed by atoms with E-state index in [4.69, 9.17) is 18.0 Å². The Morgan fingerprint density at radius 1 is 1.25 bits per heavy atom. The lowest BCUT2D eigenvalue weighted by atomic mass is 9.74. The average Bonchev–Trinajstić information content (AvgIpc) is 2.41. The van der Waals surface area contributed by atoms with E-state index in [-0.39, 0.29) is 5.54 Å². The summed E-state index contributed by atoms with van der Waals surface area (Å²) in [5.74, 6) is 0.771. The molecule has 2 rings (SSSR count). The molecule has 0 unspecified atom stereocenters. The molecule has 0 saturated heterocycles. The molecule has 4 nitrogen and oxygen atoms in total. The second-order valence-electron chi connectivity index (χ2n) is 5.53. The standard InChI is InChI=1S/C15H24N4S/c1-4-10-11(5-2)18-19-14(12(10)13(16)20)17-15(6-3)8-7-9-15/h4-9H2,1-3H3,(H2,16,20)(H,17,19). The molecule has 1 aromatic rings. The minimum Gasteiger partial charge on any atom is -0.389 e. The lowest BCUT2D eigenvalue weighted by molar-refractivity contribution is 0.268. The van der Waals surface area contributed by atoms with Crippen LogP contribution in [-0.4, -0.2) is 20.7 Å². The van der Waals surface area contributed by atoms with Crippen LogP contribution in [0.5, 0.6) is 0 Å². The van der Waals surface area contributed by atoms with E-state index in [1.54, 1.807) is 0 Å². The van der Waals surface area contributed by atoms with Crippen molar-refractivity contribution in [3.8, 4) is 0 Å². The highest BCUT2D eigenvalue weighted by atomic mass is 32.1. The summed E-state index contributed by atoms with van der Waals surface area (Å²) in [6, 6.07) is 0. The van der Waals surface area contributed by atoms with E-state index < -0.39 is 0 Å². The van der Waals surface area contributed by atoms with Crippen molar-refractivity contribution < 1.29 is 0 Å². The molecule has 20 heavy (non-hydrogen) atoms. The summed E-state index contributed by atoms with van der Waals surface area (Å²) in [6.07, 6.45) is 6.44. The van der Waals surface area contributed by atoms with Gasteiger partial charge < -0.3 is 11.1 Å². The van der Waals surface area contributed by atoms with E-state index in [1.807, 2.05) is 0 Å². The van der Waals surface area contributed by atoms with Gasteiger partial charge >= 0.3 is 0 Å². The first-order valence-electron chi connectivity index (χ1n) is 7.53. The molecule has 0 amide bonds. The van der Waals surface area contributed by atoms with Crippen molar-refractivity contribution >= 4 is 23.0 Å². The third kappa shape index (κ3) is 2.64. The van der Waals surface area contributed by atoms with Gasteiger partial charge in [-0.25, -0.2) is 0 Å². The van der Waals surface area contributed by atoms with Crippen molar-refractivity contribution in [2.45, 2.75) is 64.8 Å². The second kappa shape index (κ2) is 6.04. The molecule has 3 N–H and O–H groups in total. The molecular formula is C15H24N4S. The van der Waals surface area contributed by atoms with Crippen LogP contribution in [0.25, 0.3) is 0 Å². The van der Waals surface area contributed by atoms with E-state index in [0.717, 1.165) is 41.9 Å². The monoisotopic (exact) mass is 292 g/mol. The number of anilines is 1. The SMILES string of the molecule is CCc1nnc(NC2(CC)CCC2)c(C(N)=S)c1CC. The third-order valence-electron chi connectivity index (χ3n) is 4.46. The highest BCUT2D eigenvalue weighted by Gasteiger charge is 2.36. The van der Waals surface area contributed by atoms with Gasteiger partial charge in [0.25, 0.3) is 0 Å². The van der Waals surface area contributed by atoms with Gasteiger partial charge in [-0.1, -0.05) is 33.0 Å². The Kier molecular flexibility index (Phi) is 4.58. The zero-order valence-corrected chi connectivity index (χ0v) is 13.4. The molecule has 0 radical (unpaired) electrons. The van der Waals surface area contributed by atoms with E-state index in [9.17, 15) is 0 Å². The normalized spacial score (nSPS) is 16.6. The molecule has 1 aromatic heterocycles. The zero-order valence-electron chi connectivity index (χ0n) is 12.6. The van der Waals surface area contributed by atoms with Crippen LogP contribution >= 0.6 is 12.2 Å². The van der Waals surface area contributed by atoms with Crippen molar-refractivity contribution in [2.24, 2.45) is 5.73 Å². The minimum atomic E-state index is 0.160. The predicted molar refractivity (Wildman–Crippen MR) is 87.2 cm³/mol. The molecule has 0 spiro atoms. The minimum absolute atomic E-state index is 0.160. The fourth-order valence-corrected chi connectivity index (χ4v) is 3.17. The number of hydrogen-bond donors (Lipinski definition) is 2. The molecule has 1 aliphatic rings. The molecule has 5 heteroatoms. The Morgan fingerprint density at radius 2 is 1.95 bits per heavy atom. The first kappa shape index (κ1) is 15.2. The number of aromatic nitrogens is 2. The number of hydrogen-bond acceptors (Lipinski definition) is 4. The van der Waals surface area contributed by atoms with Gasteiger partial charge in [-0.3, -0.25) is 0 Å². The van der Waals surface area contributed by atoms with Gasteiger partial charge in [-0.15, -0.1) is 5.10 Å². The first-order chi connectivity index (χ1) is 9.56. The van der Waals surface area contributed by atoms with Crippen molar-refractivity contribution in [1.82, 2.24) is 10.2 Å². The summed E-state index contributed by atoms with van der Waals surface area (Å²) in [5, 5.41) is 12.3. The Hall–Kier alpha value is -1.23. The number of nitrogens with zero attached hydrogens (tertiary/aromatic N) is 2. The van der Waals surface area contributed by atoms with Crippen molar-refractivity contribution in [3.05, 3.63) is 16.8 Å². The van der Waals surface area contributed by atoms with E-state index in [1.165, 1.54) is 19.3 Å². The molecule has 1 saturated carbocycles. The Balaban J connectivity index is 2.44. The topological polar surface area (TPSA) is 63.8 Å². The van der Waals surface area contributed by atoms with Crippen LogP contribution in [0.3, 0.4) is 0 Å². The molecular weight excluding hydrogens is 268 g/mol. The number of rotatable bonds is 6. The van der Waals surface area contributed by atoms with Gasteiger partial charge in [-0.2, -0.15) is 5.10 Å². The predicted octanol–water partition coefficient (Wildman–Crippen LogP) is 2.98. The van der Waals surface area contributed by atoms with Crippen LogP contribution in [0.2, 0.25) is 0 Å². The fourth-order valence-electron chi connectivity index (χ4n) is 2.95. The Labute approximate surface area is 126 Å². The van der Waals surface area contributed by atoms with Crippen molar-refractivity contribution in [3.63, 3.8) is 0 Å². The molecule has 1 heterocycles. The highest BCUT2D eigenvalue weighted by molar-refractivity contribution is 7.80. The van der Waals surface area contributed by atoms with Crippen LogP contribution in [0.15, 0.2) is 0 Å². The maximum atomic E-state index is 5.96. The maximum Gasteiger partial charge on any atom is 0.159 e. The molecule has 0 bridgehead atoms. The van der Waals surface area contributed by atoms with Crippen LogP contribution in [0.4, 0.5) is 5.82 Å². The third-order valence-corrected chi connectivity index (χ3v) is 4.67. The summed E-state index contributed by atoms with van der Waals surface area (Å²) >= 11 is 5.26. The first-order valence-corrected chi connectivity index (χ1v) is 7.94. The molecule has 0 atom stereocenters. The van der Waals surface area contributed by atoms with Gasteiger partial charge in [0.05, 0.1) is 11.3 Å². The smallest absolute Gasteiger partial charge is 0.159 e. The van der Waals surface area contributed by atoms with Gasteiger partial charge in [0.1, 0.15) is 4.99 Å². The van der Waals surface area contributed by atoms with Crippen molar-refractivity contribution in [1.29, 1.82) is 0 Å². The van der Waals surface area contributed by atoms with Gasteiger partial charge in [0.2, 0.25) is 0 Å². The summed E-state index contributed by atoms with van der Waals surface area (Å²) < 4.78 is 0. The second-order valence-corrected chi connectivity index (χ2v) is 5.97.